The van der Waals surface area contributed by atoms with Gasteiger partial charge in [0.25, 0.3) is 0 Å². The Hall–Kier alpha value is -1.08. The van der Waals surface area contributed by atoms with Crippen molar-refractivity contribution >= 4 is 21.9 Å². The topological polar surface area (TPSA) is 29.0 Å². The van der Waals surface area contributed by atoms with Gasteiger partial charge in [-0.15, -0.1) is 0 Å². The number of alkyl halides is 1. The summed E-state index contributed by atoms with van der Waals surface area (Å²) < 4.78 is 0. The highest BCUT2D eigenvalue weighted by molar-refractivity contribution is 9.09. The third-order valence-corrected chi connectivity index (χ3v) is 1.89. The average molecular weight is 254 g/mol. The molecule has 0 unspecified atom stereocenters. The van der Waals surface area contributed by atoms with E-state index in [4.69, 9.17) is 0 Å². The van der Waals surface area contributed by atoms with E-state index in [9.17, 15) is 0 Å². The van der Waals surface area contributed by atoms with Gasteiger partial charge < -0.3 is 4.90 Å². The van der Waals surface area contributed by atoms with Crippen LogP contribution in [0.15, 0.2) is 12.4 Å². The molecule has 4 heteroatoms. The lowest BCUT2D eigenvalue weighted by Crippen LogP contribution is -2.12. The molecule has 1 heterocycles. The zero-order chi connectivity index (χ0) is 10.4. The highest BCUT2D eigenvalue weighted by atomic mass is 79.9. The van der Waals surface area contributed by atoms with Crippen LogP contribution in [0.1, 0.15) is 12.0 Å². The second-order valence-corrected chi connectivity index (χ2v) is 3.70. The SMILES string of the molecule is CN(C)c1ncc(C#CCCBr)cn1. The molecule has 0 saturated heterocycles. The van der Waals surface area contributed by atoms with E-state index in [0.29, 0.717) is 5.95 Å². The molecule has 0 aromatic carbocycles. The molecule has 1 aromatic heterocycles. The predicted molar refractivity (Wildman–Crippen MR) is 61.6 cm³/mol. The van der Waals surface area contributed by atoms with E-state index in [1.54, 1.807) is 12.4 Å². The summed E-state index contributed by atoms with van der Waals surface area (Å²) in [6.45, 7) is 0. The Balaban J connectivity index is 2.70. The van der Waals surface area contributed by atoms with Crippen molar-refractivity contribution in [2.75, 3.05) is 24.3 Å². The smallest absolute Gasteiger partial charge is 0.224 e. The van der Waals surface area contributed by atoms with Crippen molar-refractivity contribution in [3.8, 4) is 11.8 Å². The van der Waals surface area contributed by atoms with Crippen LogP contribution in [0.2, 0.25) is 0 Å². The quantitative estimate of drug-likeness (QED) is 0.594. The first-order valence-electron chi connectivity index (χ1n) is 4.28. The Kier molecular flexibility index (Phi) is 4.41. The van der Waals surface area contributed by atoms with E-state index in [-0.39, 0.29) is 0 Å². The summed E-state index contributed by atoms with van der Waals surface area (Å²) in [6.07, 6.45) is 4.32. The average Bonchev–Trinajstić information content (AvgIpc) is 2.19. The van der Waals surface area contributed by atoms with Gasteiger partial charge in [-0.05, 0) is 0 Å². The number of anilines is 1. The monoisotopic (exact) mass is 253 g/mol. The maximum Gasteiger partial charge on any atom is 0.224 e. The van der Waals surface area contributed by atoms with Crippen molar-refractivity contribution in [2.45, 2.75) is 6.42 Å². The van der Waals surface area contributed by atoms with Gasteiger partial charge in [0.1, 0.15) is 0 Å². The van der Waals surface area contributed by atoms with Gasteiger partial charge >= 0.3 is 0 Å². The summed E-state index contributed by atoms with van der Waals surface area (Å²) in [6, 6.07) is 0. The summed E-state index contributed by atoms with van der Waals surface area (Å²) >= 11 is 3.31. The molecule has 74 valence electrons. The minimum absolute atomic E-state index is 0.705. The summed E-state index contributed by atoms with van der Waals surface area (Å²) in [5.74, 6) is 6.70. The van der Waals surface area contributed by atoms with Gasteiger partial charge in [0.15, 0.2) is 0 Å². The molecule has 0 aliphatic heterocycles. The fraction of sp³-hybridized carbons (Fsp3) is 0.400. The third-order valence-electron chi connectivity index (χ3n) is 1.49. The molecular weight excluding hydrogens is 242 g/mol. The second kappa shape index (κ2) is 5.61. The summed E-state index contributed by atoms with van der Waals surface area (Å²) in [7, 11) is 3.82. The highest BCUT2D eigenvalue weighted by Crippen LogP contribution is 2.01. The molecule has 1 aromatic rings. The minimum Gasteiger partial charge on any atom is -0.347 e. The van der Waals surface area contributed by atoms with Gasteiger partial charge in [0.05, 0.1) is 5.56 Å². The van der Waals surface area contributed by atoms with Gasteiger partial charge in [-0.1, -0.05) is 27.8 Å². The Morgan fingerprint density at radius 1 is 1.36 bits per heavy atom. The molecule has 0 aliphatic carbocycles. The van der Waals surface area contributed by atoms with E-state index in [1.807, 2.05) is 19.0 Å². The van der Waals surface area contributed by atoms with Gasteiger partial charge in [-0.2, -0.15) is 0 Å². The van der Waals surface area contributed by atoms with Crippen molar-refractivity contribution in [3.63, 3.8) is 0 Å². The number of nitrogens with zero attached hydrogens (tertiary/aromatic N) is 3. The Labute approximate surface area is 92.7 Å². The molecule has 3 nitrogen and oxygen atoms in total. The molecule has 0 atom stereocenters. The molecule has 0 bridgehead atoms. The fourth-order valence-electron chi connectivity index (χ4n) is 0.829. The Morgan fingerprint density at radius 2 is 2.00 bits per heavy atom. The summed E-state index contributed by atoms with van der Waals surface area (Å²) in [4.78, 5) is 10.2. The molecule has 14 heavy (non-hydrogen) atoms. The van der Waals surface area contributed by atoms with Crippen LogP contribution in [-0.4, -0.2) is 29.4 Å². The van der Waals surface area contributed by atoms with Crippen molar-refractivity contribution in [1.29, 1.82) is 0 Å². The van der Waals surface area contributed by atoms with Crippen molar-refractivity contribution < 1.29 is 0 Å². The molecule has 0 aliphatic rings. The molecule has 0 radical (unpaired) electrons. The number of aromatic nitrogens is 2. The van der Waals surface area contributed by atoms with Gasteiger partial charge in [-0.25, -0.2) is 9.97 Å². The molecule has 0 amide bonds. The third kappa shape index (κ3) is 3.35. The fourth-order valence-corrected chi connectivity index (χ4v) is 1.03. The number of rotatable bonds is 2. The molecule has 0 N–H and O–H groups in total. The number of hydrogen-bond acceptors (Lipinski definition) is 3. The van der Waals surface area contributed by atoms with Crippen molar-refractivity contribution in [3.05, 3.63) is 18.0 Å². The van der Waals surface area contributed by atoms with E-state index >= 15 is 0 Å². The second-order valence-electron chi connectivity index (χ2n) is 2.91. The molecular formula is C10H12BrN3. The first kappa shape index (κ1) is 11.0. The molecule has 0 fully saturated rings. The maximum atomic E-state index is 4.16. The van der Waals surface area contributed by atoms with Gasteiger partial charge in [0.2, 0.25) is 5.95 Å². The lowest BCUT2D eigenvalue weighted by molar-refractivity contribution is 0.995. The number of hydrogen-bond donors (Lipinski definition) is 0. The maximum absolute atomic E-state index is 4.16. The summed E-state index contributed by atoms with van der Waals surface area (Å²) in [5, 5.41) is 0.899. The molecule has 1 rings (SSSR count). The van der Waals surface area contributed by atoms with E-state index in [1.165, 1.54) is 0 Å². The lowest BCUT2D eigenvalue weighted by Gasteiger charge is -2.07. The van der Waals surface area contributed by atoms with Crippen LogP contribution in [-0.2, 0) is 0 Å². The van der Waals surface area contributed by atoms with Crippen molar-refractivity contribution in [1.82, 2.24) is 9.97 Å². The zero-order valence-electron chi connectivity index (χ0n) is 8.29. The zero-order valence-corrected chi connectivity index (χ0v) is 9.87. The van der Waals surface area contributed by atoms with Crippen LogP contribution in [0, 0.1) is 11.8 Å². The van der Waals surface area contributed by atoms with Crippen LogP contribution in [0.25, 0.3) is 0 Å². The van der Waals surface area contributed by atoms with E-state index in [0.717, 1.165) is 17.3 Å². The van der Waals surface area contributed by atoms with Gasteiger partial charge in [0, 0.05) is 38.2 Å². The highest BCUT2D eigenvalue weighted by Gasteiger charge is 1.96. The predicted octanol–water partition coefficient (Wildman–Crippen LogP) is 1.68. The van der Waals surface area contributed by atoms with Crippen LogP contribution < -0.4 is 4.90 Å². The minimum atomic E-state index is 0.705. The largest absolute Gasteiger partial charge is 0.347 e. The number of halogens is 1. The summed E-state index contributed by atoms with van der Waals surface area (Å²) in [5.41, 5.74) is 0.858. The standard InChI is InChI=1S/C10H12BrN3/c1-14(2)10-12-7-9(8-13-10)5-3-4-6-11/h7-8H,4,6H2,1-2H3. The molecule has 0 spiro atoms. The first-order chi connectivity index (χ1) is 6.74. The van der Waals surface area contributed by atoms with Crippen LogP contribution in [0.5, 0.6) is 0 Å². The van der Waals surface area contributed by atoms with Crippen LogP contribution in [0.4, 0.5) is 5.95 Å². The van der Waals surface area contributed by atoms with E-state index in [2.05, 4.69) is 37.7 Å². The van der Waals surface area contributed by atoms with Crippen LogP contribution >= 0.6 is 15.9 Å². The van der Waals surface area contributed by atoms with Crippen LogP contribution in [0.3, 0.4) is 0 Å². The Morgan fingerprint density at radius 3 is 2.50 bits per heavy atom. The van der Waals surface area contributed by atoms with E-state index < -0.39 is 0 Å². The Bertz CT molecular complexity index is 335. The normalized spacial score (nSPS) is 9.07. The first-order valence-corrected chi connectivity index (χ1v) is 5.40. The lowest BCUT2D eigenvalue weighted by atomic mass is 10.3. The van der Waals surface area contributed by atoms with Crippen molar-refractivity contribution in [2.24, 2.45) is 0 Å². The van der Waals surface area contributed by atoms with Gasteiger partial charge in [-0.3, -0.25) is 0 Å². The molecule has 0 saturated carbocycles.